The highest BCUT2D eigenvalue weighted by molar-refractivity contribution is 5.53. The normalized spacial score (nSPS) is 9.77. The predicted octanol–water partition coefficient (Wildman–Crippen LogP) is 1.97. The van der Waals surface area contributed by atoms with E-state index >= 15 is 0 Å². The standard InChI is InChI=1S/C10H14O3/c1-4-7-8(11)5-6-9(12-2)10(7)13-3/h5-6,11H,4H2,1-3H3. The number of phenols is 1. The molecule has 0 radical (unpaired) electrons. The summed E-state index contributed by atoms with van der Waals surface area (Å²) in [4.78, 5) is 0. The number of hydrogen-bond donors (Lipinski definition) is 1. The summed E-state index contributed by atoms with van der Waals surface area (Å²) in [5, 5.41) is 9.51. The van der Waals surface area contributed by atoms with E-state index in [-0.39, 0.29) is 5.75 Å². The average molecular weight is 182 g/mol. The van der Waals surface area contributed by atoms with E-state index < -0.39 is 0 Å². The van der Waals surface area contributed by atoms with Gasteiger partial charge in [0.2, 0.25) is 0 Å². The molecule has 0 aliphatic carbocycles. The molecule has 0 aliphatic rings. The Hall–Kier alpha value is -1.38. The lowest BCUT2D eigenvalue weighted by Gasteiger charge is -2.12. The van der Waals surface area contributed by atoms with Crippen LogP contribution in [0, 0.1) is 0 Å². The van der Waals surface area contributed by atoms with Crippen molar-refractivity contribution in [2.45, 2.75) is 13.3 Å². The Balaban J connectivity index is 3.27. The van der Waals surface area contributed by atoms with Crippen LogP contribution < -0.4 is 9.47 Å². The third kappa shape index (κ3) is 1.69. The molecular weight excluding hydrogens is 168 g/mol. The molecule has 0 aromatic heterocycles. The Morgan fingerprint density at radius 1 is 1.23 bits per heavy atom. The molecule has 0 bridgehead atoms. The molecule has 1 rings (SSSR count). The van der Waals surface area contributed by atoms with Crippen LogP contribution in [0.2, 0.25) is 0 Å². The van der Waals surface area contributed by atoms with Crippen molar-refractivity contribution < 1.29 is 14.6 Å². The lowest BCUT2D eigenvalue weighted by molar-refractivity contribution is 0.347. The topological polar surface area (TPSA) is 38.7 Å². The molecule has 13 heavy (non-hydrogen) atoms. The molecule has 1 N–H and O–H groups in total. The van der Waals surface area contributed by atoms with Crippen molar-refractivity contribution in [2.24, 2.45) is 0 Å². The zero-order chi connectivity index (χ0) is 9.84. The first kappa shape index (κ1) is 9.71. The van der Waals surface area contributed by atoms with E-state index in [1.165, 1.54) is 0 Å². The molecule has 0 saturated carbocycles. The first-order valence-corrected chi connectivity index (χ1v) is 4.17. The van der Waals surface area contributed by atoms with Crippen molar-refractivity contribution in [3.8, 4) is 17.2 Å². The first-order valence-electron chi connectivity index (χ1n) is 4.17. The summed E-state index contributed by atoms with van der Waals surface area (Å²) in [6.07, 6.45) is 0.714. The van der Waals surface area contributed by atoms with Crippen LogP contribution in [0.5, 0.6) is 17.2 Å². The minimum atomic E-state index is 0.250. The number of hydrogen-bond acceptors (Lipinski definition) is 3. The van der Waals surface area contributed by atoms with Gasteiger partial charge in [0, 0.05) is 5.56 Å². The third-order valence-corrected chi connectivity index (χ3v) is 1.98. The van der Waals surface area contributed by atoms with Crippen molar-refractivity contribution >= 4 is 0 Å². The van der Waals surface area contributed by atoms with Crippen LogP contribution in [0.25, 0.3) is 0 Å². The van der Waals surface area contributed by atoms with Gasteiger partial charge in [0.05, 0.1) is 14.2 Å². The van der Waals surface area contributed by atoms with Gasteiger partial charge in [-0.05, 0) is 18.6 Å². The average Bonchev–Trinajstić information content (AvgIpc) is 2.17. The second-order valence-corrected chi connectivity index (χ2v) is 2.65. The molecule has 3 heteroatoms. The number of benzene rings is 1. The van der Waals surface area contributed by atoms with Gasteiger partial charge in [-0.15, -0.1) is 0 Å². The minimum absolute atomic E-state index is 0.250. The minimum Gasteiger partial charge on any atom is -0.508 e. The summed E-state index contributed by atoms with van der Waals surface area (Å²) in [6.45, 7) is 1.96. The van der Waals surface area contributed by atoms with E-state index in [2.05, 4.69) is 0 Å². The van der Waals surface area contributed by atoms with E-state index in [1.807, 2.05) is 6.92 Å². The van der Waals surface area contributed by atoms with Crippen molar-refractivity contribution in [1.82, 2.24) is 0 Å². The largest absolute Gasteiger partial charge is 0.508 e. The molecular formula is C10H14O3. The number of aromatic hydroxyl groups is 1. The van der Waals surface area contributed by atoms with Gasteiger partial charge in [0.15, 0.2) is 11.5 Å². The molecule has 0 unspecified atom stereocenters. The number of rotatable bonds is 3. The molecule has 1 aromatic rings. The summed E-state index contributed by atoms with van der Waals surface area (Å²) >= 11 is 0. The summed E-state index contributed by atoms with van der Waals surface area (Å²) in [7, 11) is 3.14. The molecule has 0 atom stereocenters. The van der Waals surface area contributed by atoms with Crippen molar-refractivity contribution in [3.05, 3.63) is 17.7 Å². The predicted molar refractivity (Wildman–Crippen MR) is 50.6 cm³/mol. The second kappa shape index (κ2) is 4.03. The van der Waals surface area contributed by atoms with Gasteiger partial charge >= 0.3 is 0 Å². The Kier molecular flexibility index (Phi) is 3.01. The van der Waals surface area contributed by atoms with Crippen molar-refractivity contribution in [3.63, 3.8) is 0 Å². The van der Waals surface area contributed by atoms with Crippen LogP contribution in [0.1, 0.15) is 12.5 Å². The SMILES string of the molecule is CCc1c(O)ccc(OC)c1OC. The fourth-order valence-corrected chi connectivity index (χ4v) is 1.32. The smallest absolute Gasteiger partial charge is 0.167 e. The van der Waals surface area contributed by atoms with E-state index in [4.69, 9.17) is 9.47 Å². The van der Waals surface area contributed by atoms with Gasteiger partial charge in [-0.25, -0.2) is 0 Å². The molecule has 72 valence electrons. The number of methoxy groups -OCH3 is 2. The van der Waals surface area contributed by atoms with Crippen LogP contribution in [0.4, 0.5) is 0 Å². The summed E-state index contributed by atoms with van der Waals surface area (Å²) in [5.74, 6) is 1.52. The van der Waals surface area contributed by atoms with Crippen LogP contribution in [-0.2, 0) is 6.42 Å². The zero-order valence-electron chi connectivity index (χ0n) is 8.13. The molecule has 0 saturated heterocycles. The summed E-state index contributed by atoms with van der Waals surface area (Å²) in [6, 6.07) is 3.30. The Morgan fingerprint density at radius 3 is 2.38 bits per heavy atom. The molecule has 0 spiro atoms. The van der Waals surface area contributed by atoms with Crippen LogP contribution in [0.3, 0.4) is 0 Å². The van der Waals surface area contributed by atoms with E-state index in [0.717, 1.165) is 5.56 Å². The van der Waals surface area contributed by atoms with Gasteiger partial charge in [-0.3, -0.25) is 0 Å². The van der Waals surface area contributed by atoms with E-state index in [9.17, 15) is 5.11 Å². The Morgan fingerprint density at radius 2 is 1.92 bits per heavy atom. The first-order chi connectivity index (χ1) is 6.24. The molecule has 0 aliphatic heterocycles. The van der Waals surface area contributed by atoms with Gasteiger partial charge in [-0.1, -0.05) is 6.92 Å². The zero-order valence-corrected chi connectivity index (χ0v) is 8.13. The van der Waals surface area contributed by atoms with Crippen molar-refractivity contribution in [1.29, 1.82) is 0 Å². The lowest BCUT2D eigenvalue weighted by Crippen LogP contribution is -1.95. The van der Waals surface area contributed by atoms with Gasteiger partial charge in [-0.2, -0.15) is 0 Å². The highest BCUT2D eigenvalue weighted by Gasteiger charge is 2.12. The van der Waals surface area contributed by atoms with Crippen molar-refractivity contribution in [2.75, 3.05) is 14.2 Å². The van der Waals surface area contributed by atoms with Crippen LogP contribution in [-0.4, -0.2) is 19.3 Å². The molecule has 0 heterocycles. The maximum Gasteiger partial charge on any atom is 0.167 e. The lowest BCUT2D eigenvalue weighted by atomic mass is 10.1. The molecule has 1 aromatic carbocycles. The highest BCUT2D eigenvalue weighted by Crippen LogP contribution is 2.36. The van der Waals surface area contributed by atoms with Gasteiger partial charge in [0.25, 0.3) is 0 Å². The third-order valence-electron chi connectivity index (χ3n) is 1.98. The van der Waals surface area contributed by atoms with E-state index in [1.54, 1.807) is 26.4 Å². The van der Waals surface area contributed by atoms with Gasteiger partial charge < -0.3 is 14.6 Å². The highest BCUT2D eigenvalue weighted by atomic mass is 16.5. The Bertz CT molecular complexity index is 294. The van der Waals surface area contributed by atoms with Crippen LogP contribution >= 0.6 is 0 Å². The number of ether oxygens (including phenoxy) is 2. The number of phenolic OH excluding ortho intramolecular Hbond substituents is 1. The summed E-state index contributed by atoms with van der Waals surface area (Å²) < 4.78 is 10.3. The molecule has 0 amide bonds. The maximum atomic E-state index is 9.51. The van der Waals surface area contributed by atoms with Crippen LogP contribution in [0.15, 0.2) is 12.1 Å². The molecule has 3 nitrogen and oxygen atoms in total. The fraction of sp³-hybridized carbons (Fsp3) is 0.400. The second-order valence-electron chi connectivity index (χ2n) is 2.65. The molecule has 0 fully saturated rings. The fourth-order valence-electron chi connectivity index (χ4n) is 1.32. The monoisotopic (exact) mass is 182 g/mol. The maximum absolute atomic E-state index is 9.51. The Labute approximate surface area is 77.9 Å². The quantitative estimate of drug-likeness (QED) is 0.776. The summed E-state index contributed by atoms with van der Waals surface area (Å²) in [5.41, 5.74) is 0.779. The van der Waals surface area contributed by atoms with Gasteiger partial charge in [0.1, 0.15) is 5.75 Å². The van der Waals surface area contributed by atoms with E-state index in [0.29, 0.717) is 17.9 Å².